The highest BCUT2D eigenvalue weighted by Gasteiger charge is 2.13. The zero-order valence-corrected chi connectivity index (χ0v) is 12.9. The van der Waals surface area contributed by atoms with Crippen molar-refractivity contribution in [2.75, 3.05) is 6.54 Å². The highest BCUT2D eigenvalue weighted by molar-refractivity contribution is 7.91. The van der Waals surface area contributed by atoms with Gasteiger partial charge in [-0.3, -0.25) is 0 Å². The van der Waals surface area contributed by atoms with Crippen molar-refractivity contribution < 1.29 is 8.42 Å². The molecule has 20 heavy (non-hydrogen) atoms. The van der Waals surface area contributed by atoms with E-state index in [1.54, 1.807) is 23.7 Å². The Kier molecular flexibility index (Phi) is 5.75. The SMILES string of the molecule is O=S(=O)(NCCCCCCn1ccnc1)c1cccs1. The van der Waals surface area contributed by atoms with Crippen molar-refractivity contribution in [3.8, 4) is 0 Å². The van der Waals surface area contributed by atoms with Crippen LogP contribution in [0.3, 0.4) is 0 Å². The van der Waals surface area contributed by atoms with Crippen LogP contribution in [0, 0.1) is 0 Å². The zero-order valence-electron chi connectivity index (χ0n) is 11.2. The Morgan fingerprint density at radius 1 is 1.25 bits per heavy atom. The fourth-order valence-electron chi connectivity index (χ4n) is 1.89. The number of thiophene rings is 1. The Morgan fingerprint density at radius 3 is 2.80 bits per heavy atom. The molecule has 0 amide bonds. The standard InChI is InChI=1S/C13H19N3O2S2/c17-20(18,13-6-5-11-19-13)15-7-3-1-2-4-9-16-10-8-14-12-16/h5-6,8,10-12,15H,1-4,7,9H2. The normalized spacial score (nSPS) is 11.8. The molecular formula is C13H19N3O2S2. The van der Waals surface area contributed by atoms with E-state index in [4.69, 9.17) is 0 Å². The Labute approximate surface area is 123 Å². The van der Waals surface area contributed by atoms with E-state index in [9.17, 15) is 8.42 Å². The number of aryl methyl sites for hydroxylation is 1. The molecule has 110 valence electrons. The molecule has 0 radical (unpaired) electrons. The predicted molar refractivity (Wildman–Crippen MR) is 80.2 cm³/mol. The van der Waals surface area contributed by atoms with Gasteiger partial charge >= 0.3 is 0 Å². The third kappa shape index (κ3) is 4.73. The number of sulfonamides is 1. The van der Waals surface area contributed by atoms with Gasteiger partial charge in [0.25, 0.3) is 0 Å². The topological polar surface area (TPSA) is 64.0 Å². The first kappa shape index (κ1) is 15.2. The van der Waals surface area contributed by atoms with Crippen LogP contribution in [0.2, 0.25) is 0 Å². The lowest BCUT2D eigenvalue weighted by Gasteiger charge is -2.05. The fourth-order valence-corrected chi connectivity index (χ4v) is 4.00. The predicted octanol–water partition coefficient (Wildman–Crippen LogP) is 2.48. The number of aromatic nitrogens is 2. The molecular weight excluding hydrogens is 294 g/mol. The minimum atomic E-state index is -3.29. The van der Waals surface area contributed by atoms with Gasteiger partial charge < -0.3 is 4.57 Å². The highest BCUT2D eigenvalue weighted by atomic mass is 32.2. The van der Waals surface area contributed by atoms with Crippen molar-refractivity contribution in [3.05, 3.63) is 36.2 Å². The van der Waals surface area contributed by atoms with Gasteiger partial charge in [0, 0.05) is 25.5 Å². The molecule has 2 heterocycles. The van der Waals surface area contributed by atoms with Crippen LogP contribution in [-0.4, -0.2) is 24.5 Å². The van der Waals surface area contributed by atoms with Gasteiger partial charge in [0.15, 0.2) is 0 Å². The van der Waals surface area contributed by atoms with Crippen molar-refractivity contribution in [3.63, 3.8) is 0 Å². The van der Waals surface area contributed by atoms with E-state index in [2.05, 4.69) is 14.3 Å². The fraction of sp³-hybridized carbons (Fsp3) is 0.462. The van der Waals surface area contributed by atoms with Crippen LogP contribution in [0.25, 0.3) is 0 Å². The Hall–Kier alpha value is -1.18. The molecule has 0 saturated heterocycles. The van der Waals surface area contributed by atoms with Crippen LogP contribution in [0.1, 0.15) is 25.7 Å². The van der Waals surface area contributed by atoms with E-state index in [-0.39, 0.29) is 0 Å². The van der Waals surface area contributed by atoms with Gasteiger partial charge in [-0.15, -0.1) is 11.3 Å². The Bertz CT molecular complexity index is 577. The van der Waals surface area contributed by atoms with Gasteiger partial charge in [-0.05, 0) is 24.3 Å². The second-order valence-electron chi connectivity index (χ2n) is 4.54. The number of hydrogen-bond acceptors (Lipinski definition) is 4. The largest absolute Gasteiger partial charge is 0.337 e. The van der Waals surface area contributed by atoms with E-state index >= 15 is 0 Å². The molecule has 1 N–H and O–H groups in total. The number of imidazole rings is 1. The van der Waals surface area contributed by atoms with Gasteiger partial charge in [-0.25, -0.2) is 18.1 Å². The van der Waals surface area contributed by atoms with Gasteiger partial charge in [-0.2, -0.15) is 0 Å². The lowest BCUT2D eigenvalue weighted by molar-refractivity contribution is 0.557. The molecule has 0 saturated carbocycles. The summed E-state index contributed by atoms with van der Waals surface area (Å²) in [5.74, 6) is 0. The molecule has 5 nitrogen and oxygen atoms in total. The van der Waals surface area contributed by atoms with Crippen molar-refractivity contribution >= 4 is 21.4 Å². The molecule has 2 aromatic heterocycles. The summed E-state index contributed by atoms with van der Waals surface area (Å²) in [4.78, 5) is 3.99. The summed E-state index contributed by atoms with van der Waals surface area (Å²) in [7, 11) is -3.29. The number of nitrogens with zero attached hydrogens (tertiary/aromatic N) is 2. The molecule has 7 heteroatoms. The minimum Gasteiger partial charge on any atom is -0.337 e. The van der Waals surface area contributed by atoms with Crippen molar-refractivity contribution in [1.82, 2.24) is 14.3 Å². The molecule has 0 fully saturated rings. The van der Waals surface area contributed by atoms with Gasteiger partial charge in [0.2, 0.25) is 10.0 Å². The van der Waals surface area contributed by atoms with Gasteiger partial charge in [0.05, 0.1) is 6.33 Å². The van der Waals surface area contributed by atoms with E-state index in [1.165, 1.54) is 11.3 Å². The number of hydrogen-bond donors (Lipinski definition) is 1. The number of unbranched alkanes of at least 4 members (excludes halogenated alkanes) is 3. The summed E-state index contributed by atoms with van der Waals surface area (Å²) in [5, 5.41) is 1.77. The molecule has 2 aromatic rings. The van der Waals surface area contributed by atoms with Crippen LogP contribution < -0.4 is 4.72 Å². The number of rotatable bonds is 9. The highest BCUT2D eigenvalue weighted by Crippen LogP contribution is 2.15. The maximum atomic E-state index is 11.8. The molecule has 2 rings (SSSR count). The molecule has 0 aromatic carbocycles. The summed E-state index contributed by atoms with van der Waals surface area (Å²) in [6, 6.07) is 3.37. The molecule has 0 aliphatic heterocycles. The van der Waals surface area contributed by atoms with Crippen molar-refractivity contribution in [2.45, 2.75) is 36.4 Å². The maximum absolute atomic E-state index is 11.8. The molecule has 0 atom stereocenters. The van der Waals surface area contributed by atoms with Crippen LogP contribution >= 0.6 is 11.3 Å². The summed E-state index contributed by atoms with van der Waals surface area (Å²) in [6.07, 6.45) is 9.63. The smallest absolute Gasteiger partial charge is 0.250 e. The lowest BCUT2D eigenvalue weighted by atomic mass is 10.2. The van der Waals surface area contributed by atoms with E-state index < -0.39 is 10.0 Å². The molecule has 0 aliphatic rings. The average Bonchev–Trinajstić information content (AvgIpc) is 3.11. The van der Waals surface area contributed by atoms with E-state index in [0.29, 0.717) is 10.8 Å². The van der Waals surface area contributed by atoms with E-state index in [0.717, 1.165) is 32.2 Å². The lowest BCUT2D eigenvalue weighted by Crippen LogP contribution is -2.23. The van der Waals surface area contributed by atoms with Gasteiger partial charge in [0.1, 0.15) is 4.21 Å². The second kappa shape index (κ2) is 7.56. The van der Waals surface area contributed by atoms with Crippen LogP contribution in [-0.2, 0) is 16.6 Å². The molecule has 0 unspecified atom stereocenters. The van der Waals surface area contributed by atoms with Crippen molar-refractivity contribution in [2.24, 2.45) is 0 Å². The maximum Gasteiger partial charge on any atom is 0.250 e. The third-order valence-corrected chi connectivity index (χ3v) is 5.81. The number of nitrogens with one attached hydrogen (secondary N) is 1. The summed E-state index contributed by atoms with van der Waals surface area (Å²) in [6.45, 7) is 1.48. The Morgan fingerprint density at radius 2 is 2.10 bits per heavy atom. The van der Waals surface area contributed by atoms with Gasteiger partial charge in [-0.1, -0.05) is 18.9 Å². The van der Waals surface area contributed by atoms with Crippen LogP contribution in [0.5, 0.6) is 0 Å². The van der Waals surface area contributed by atoms with Crippen molar-refractivity contribution in [1.29, 1.82) is 0 Å². The quantitative estimate of drug-likeness (QED) is 0.723. The summed E-state index contributed by atoms with van der Waals surface area (Å²) < 4.78 is 28.7. The zero-order chi connectivity index (χ0) is 14.3. The first-order valence-corrected chi connectivity index (χ1v) is 9.04. The summed E-state index contributed by atoms with van der Waals surface area (Å²) in [5.41, 5.74) is 0. The first-order valence-electron chi connectivity index (χ1n) is 6.67. The second-order valence-corrected chi connectivity index (χ2v) is 7.49. The van der Waals surface area contributed by atoms with E-state index in [1.807, 2.05) is 12.5 Å². The molecule has 0 aliphatic carbocycles. The summed E-state index contributed by atoms with van der Waals surface area (Å²) >= 11 is 1.24. The van der Waals surface area contributed by atoms with Crippen LogP contribution in [0.4, 0.5) is 0 Å². The monoisotopic (exact) mass is 313 g/mol. The average molecular weight is 313 g/mol. The minimum absolute atomic E-state index is 0.387. The molecule has 0 spiro atoms. The Balaban J connectivity index is 1.56. The van der Waals surface area contributed by atoms with Crippen LogP contribution in [0.15, 0.2) is 40.4 Å². The molecule has 0 bridgehead atoms. The third-order valence-electron chi connectivity index (χ3n) is 2.95. The first-order chi connectivity index (χ1) is 9.68.